The lowest BCUT2D eigenvalue weighted by Gasteiger charge is -2.35. The van der Waals surface area contributed by atoms with Crippen molar-refractivity contribution in [3.63, 3.8) is 0 Å². The summed E-state index contributed by atoms with van der Waals surface area (Å²) in [5.74, 6) is -0.800. The predicted octanol–water partition coefficient (Wildman–Crippen LogP) is 2.51. The second-order valence-electron chi connectivity index (χ2n) is 7.24. The molecule has 0 unspecified atom stereocenters. The van der Waals surface area contributed by atoms with Gasteiger partial charge in [-0.3, -0.25) is 19.0 Å². The Labute approximate surface area is 164 Å². The SMILES string of the molecule is CCN(C(=O)[C@@H](C)OC(=O)Cn1cnc2ccccc2c1=O)C1CCCCC1. The molecule has 1 saturated carbocycles. The van der Waals surface area contributed by atoms with Crippen molar-refractivity contribution in [3.05, 3.63) is 40.9 Å². The fourth-order valence-electron chi connectivity index (χ4n) is 3.86. The highest BCUT2D eigenvalue weighted by Gasteiger charge is 2.29. The van der Waals surface area contributed by atoms with E-state index in [1.807, 2.05) is 11.8 Å². The number of carbonyl (C=O) groups excluding carboxylic acids is 2. The maximum atomic E-state index is 12.8. The average molecular weight is 385 g/mol. The van der Waals surface area contributed by atoms with Gasteiger partial charge in [-0.05, 0) is 38.8 Å². The number of fused-ring (bicyclic) bond motifs is 1. The van der Waals surface area contributed by atoms with E-state index in [2.05, 4.69) is 4.98 Å². The summed E-state index contributed by atoms with van der Waals surface area (Å²) in [4.78, 5) is 43.6. The van der Waals surface area contributed by atoms with E-state index in [-0.39, 0.29) is 24.1 Å². The minimum absolute atomic E-state index is 0.174. The number of para-hydroxylation sites is 1. The maximum absolute atomic E-state index is 12.8. The molecule has 2 aromatic rings. The number of benzene rings is 1. The molecule has 1 aromatic carbocycles. The van der Waals surface area contributed by atoms with Crippen LogP contribution < -0.4 is 5.56 Å². The van der Waals surface area contributed by atoms with Gasteiger partial charge in [0.2, 0.25) is 0 Å². The third kappa shape index (κ3) is 4.40. The van der Waals surface area contributed by atoms with Crippen LogP contribution in [-0.2, 0) is 20.9 Å². The fraction of sp³-hybridized carbons (Fsp3) is 0.524. The number of aromatic nitrogens is 2. The van der Waals surface area contributed by atoms with Crippen LogP contribution in [0.3, 0.4) is 0 Å². The van der Waals surface area contributed by atoms with Crippen molar-refractivity contribution in [1.29, 1.82) is 0 Å². The number of rotatable bonds is 6. The van der Waals surface area contributed by atoms with E-state index < -0.39 is 12.1 Å². The van der Waals surface area contributed by atoms with Crippen molar-refractivity contribution in [3.8, 4) is 0 Å². The summed E-state index contributed by atoms with van der Waals surface area (Å²) in [6.07, 6.45) is 5.91. The Morgan fingerprint density at radius 1 is 1.25 bits per heavy atom. The smallest absolute Gasteiger partial charge is 0.326 e. The van der Waals surface area contributed by atoms with Crippen LogP contribution in [0.4, 0.5) is 0 Å². The second-order valence-corrected chi connectivity index (χ2v) is 7.24. The van der Waals surface area contributed by atoms with Crippen LogP contribution >= 0.6 is 0 Å². The molecule has 0 aliphatic heterocycles. The molecular formula is C21H27N3O4. The zero-order valence-electron chi connectivity index (χ0n) is 16.5. The van der Waals surface area contributed by atoms with Gasteiger partial charge < -0.3 is 9.64 Å². The predicted molar refractivity (Wildman–Crippen MR) is 106 cm³/mol. The molecule has 1 atom stereocenters. The Bertz CT molecular complexity index is 902. The maximum Gasteiger partial charge on any atom is 0.326 e. The first-order chi connectivity index (χ1) is 13.5. The van der Waals surface area contributed by atoms with Crippen LogP contribution in [0.5, 0.6) is 0 Å². The van der Waals surface area contributed by atoms with Crippen LogP contribution in [0.15, 0.2) is 35.4 Å². The highest BCUT2D eigenvalue weighted by atomic mass is 16.5. The molecule has 7 nitrogen and oxygen atoms in total. The van der Waals surface area contributed by atoms with Gasteiger partial charge in [0.25, 0.3) is 11.5 Å². The van der Waals surface area contributed by atoms with Crippen LogP contribution in [0.1, 0.15) is 46.0 Å². The molecule has 1 fully saturated rings. The van der Waals surface area contributed by atoms with Crippen LogP contribution in [0, 0.1) is 0 Å². The molecule has 1 aromatic heterocycles. The summed E-state index contributed by atoms with van der Waals surface area (Å²) in [7, 11) is 0. The van der Waals surface area contributed by atoms with Crippen molar-refractivity contribution in [2.45, 2.75) is 64.6 Å². The highest BCUT2D eigenvalue weighted by molar-refractivity contribution is 5.84. The Balaban J connectivity index is 1.64. The molecule has 1 amide bonds. The van der Waals surface area contributed by atoms with Gasteiger partial charge in [-0.25, -0.2) is 4.98 Å². The quantitative estimate of drug-likeness (QED) is 0.714. The molecule has 1 heterocycles. The third-order valence-electron chi connectivity index (χ3n) is 5.33. The number of hydrogen-bond acceptors (Lipinski definition) is 5. The van der Waals surface area contributed by atoms with E-state index in [0.717, 1.165) is 25.7 Å². The summed E-state index contributed by atoms with van der Waals surface area (Å²) < 4.78 is 6.55. The van der Waals surface area contributed by atoms with Crippen molar-refractivity contribution < 1.29 is 14.3 Å². The van der Waals surface area contributed by atoms with Gasteiger partial charge in [-0.2, -0.15) is 0 Å². The first-order valence-electron chi connectivity index (χ1n) is 9.95. The molecule has 0 N–H and O–H groups in total. The van der Waals surface area contributed by atoms with Crippen LogP contribution in [0.2, 0.25) is 0 Å². The van der Waals surface area contributed by atoms with E-state index in [0.29, 0.717) is 17.4 Å². The minimum Gasteiger partial charge on any atom is -0.451 e. The number of esters is 1. The van der Waals surface area contributed by atoms with Gasteiger partial charge in [0.05, 0.1) is 17.2 Å². The van der Waals surface area contributed by atoms with Gasteiger partial charge in [-0.1, -0.05) is 31.4 Å². The topological polar surface area (TPSA) is 81.5 Å². The summed E-state index contributed by atoms with van der Waals surface area (Å²) >= 11 is 0. The average Bonchev–Trinajstić information content (AvgIpc) is 2.71. The largest absolute Gasteiger partial charge is 0.451 e. The molecule has 0 radical (unpaired) electrons. The molecule has 150 valence electrons. The molecular weight excluding hydrogens is 358 g/mol. The number of ether oxygens (including phenoxy) is 1. The van der Waals surface area contributed by atoms with E-state index in [4.69, 9.17) is 4.74 Å². The molecule has 28 heavy (non-hydrogen) atoms. The Morgan fingerprint density at radius 2 is 1.96 bits per heavy atom. The summed E-state index contributed by atoms with van der Waals surface area (Å²) in [5.41, 5.74) is 0.269. The summed E-state index contributed by atoms with van der Waals surface area (Å²) in [6.45, 7) is 3.86. The van der Waals surface area contributed by atoms with E-state index in [1.54, 1.807) is 31.2 Å². The zero-order valence-corrected chi connectivity index (χ0v) is 16.5. The zero-order chi connectivity index (χ0) is 20.1. The normalized spacial score (nSPS) is 15.9. The van der Waals surface area contributed by atoms with Crippen LogP contribution in [0.25, 0.3) is 10.9 Å². The lowest BCUT2D eigenvalue weighted by atomic mass is 9.94. The number of amides is 1. The first kappa shape index (κ1) is 20.0. The van der Waals surface area contributed by atoms with E-state index >= 15 is 0 Å². The Morgan fingerprint density at radius 3 is 2.68 bits per heavy atom. The number of carbonyl (C=O) groups is 2. The molecule has 0 saturated heterocycles. The van der Waals surface area contributed by atoms with E-state index in [1.165, 1.54) is 17.3 Å². The molecule has 0 spiro atoms. The van der Waals surface area contributed by atoms with Crippen LogP contribution in [-0.4, -0.2) is 45.0 Å². The Hall–Kier alpha value is -2.70. The minimum atomic E-state index is -0.876. The lowest BCUT2D eigenvalue weighted by Crippen LogP contribution is -2.46. The standard InChI is InChI=1S/C21H27N3O4/c1-3-24(16-9-5-4-6-10-16)20(26)15(2)28-19(25)13-23-14-22-18-12-8-7-11-17(18)21(23)27/h7-8,11-12,14-16H,3-6,9-10,13H2,1-2H3/t15-/m1/s1. The second kappa shape index (κ2) is 8.99. The number of likely N-dealkylation sites (N-methyl/N-ethyl adjacent to an activating group) is 1. The lowest BCUT2D eigenvalue weighted by molar-refractivity contribution is -0.161. The van der Waals surface area contributed by atoms with Crippen molar-refractivity contribution in [1.82, 2.24) is 14.5 Å². The first-order valence-corrected chi connectivity index (χ1v) is 9.95. The van der Waals surface area contributed by atoms with Crippen molar-refractivity contribution in [2.75, 3.05) is 6.54 Å². The van der Waals surface area contributed by atoms with Gasteiger partial charge in [0.15, 0.2) is 6.10 Å². The van der Waals surface area contributed by atoms with Gasteiger partial charge in [-0.15, -0.1) is 0 Å². The van der Waals surface area contributed by atoms with E-state index in [9.17, 15) is 14.4 Å². The summed E-state index contributed by atoms with van der Waals surface area (Å²) in [6, 6.07) is 7.18. The monoisotopic (exact) mass is 385 g/mol. The molecule has 1 aliphatic rings. The third-order valence-corrected chi connectivity index (χ3v) is 5.33. The molecule has 1 aliphatic carbocycles. The molecule has 7 heteroatoms. The number of nitrogens with zero attached hydrogens (tertiary/aromatic N) is 3. The summed E-state index contributed by atoms with van der Waals surface area (Å²) in [5, 5.41) is 0.441. The van der Waals surface area contributed by atoms with Crippen molar-refractivity contribution in [2.24, 2.45) is 0 Å². The van der Waals surface area contributed by atoms with Gasteiger partial charge in [0, 0.05) is 12.6 Å². The van der Waals surface area contributed by atoms with Crippen molar-refractivity contribution >= 4 is 22.8 Å². The van der Waals surface area contributed by atoms with Gasteiger partial charge in [0.1, 0.15) is 6.54 Å². The Kier molecular flexibility index (Phi) is 6.44. The highest BCUT2D eigenvalue weighted by Crippen LogP contribution is 2.23. The molecule has 0 bridgehead atoms. The fourth-order valence-corrected chi connectivity index (χ4v) is 3.86. The molecule has 3 rings (SSSR count). The number of hydrogen-bond donors (Lipinski definition) is 0. The van der Waals surface area contributed by atoms with Gasteiger partial charge >= 0.3 is 5.97 Å².